The Labute approximate surface area is 100 Å². The van der Waals surface area contributed by atoms with Gasteiger partial charge in [-0.3, -0.25) is 0 Å². The van der Waals surface area contributed by atoms with Gasteiger partial charge in [0, 0.05) is 0 Å². The molecule has 56 valence electrons. The van der Waals surface area contributed by atoms with Gasteiger partial charge < -0.3 is 0 Å². The molecule has 0 saturated heterocycles. The highest BCUT2D eigenvalue weighted by atomic mass is 127. The molecular formula is C4H4I2N2S2. The van der Waals surface area contributed by atoms with E-state index in [1.807, 2.05) is 11.0 Å². The molecule has 0 unspecified atom stereocenters. The number of halogens is 2. The molecule has 2 aromatic heterocycles. The summed E-state index contributed by atoms with van der Waals surface area (Å²) in [6.07, 6.45) is 0. The molecule has 2 aromatic rings. The average molecular weight is 398 g/mol. The maximum absolute atomic E-state index is 4.05. The van der Waals surface area contributed by atoms with Gasteiger partial charge in [-0.2, -0.15) is 0 Å². The molecule has 0 aliphatic heterocycles. The molecule has 0 amide bonds. The van der Waals surface area contributed by atoms with Crippen LogP contribution < -0.4 is 0 Å². The molecule has 0 aromatic carbocycles. The van der Waals surface area contributed by atoms with Crippen LogP contribution in [-0.4, -0.2) is 9.97 Å². The molecule has 6 heteroatoms. The van der Waals surface area contributed by atoms with E-state index in [1.165, 1.54) is 0 Å². The van der Waals surface area contributed by atoms with Crippen LogP contribution >= 0.6 is 70.6 Å². The number of hydrogen-bond donors (Lipinski definition) is 0. The Kier molecular flexibility index (Phi) is 5.24. The summed E-state index contributed by atoms with van der Waals surface area (Å²) >= 11 is 3.16. The molecule has 0 saturated carbocycles. The highest BCUT2D eigenvalue weighted by molar-refractivity contribution is 14.0. The predicted octanol–water partition coefficient (Wildman–Crippen LogP) is 2.99. The van der Waals surface area contributed by atoms with Crippen LogP contribution in [0.2, 0.25) is 0 Å². The van der Waals surface area contributed by atoms with E-state index in [2.05, 4.69) is 9.97 Å². The van der Waals surface area contributed by atoms with Gasteiger partial charge in [0.15, 0.2) is 9.66 Å². The number of aromatic nitrogens is 2. The zero-order valence-electron chi connectivity index (χ0n) is 4.68. The second-order valence-electron chi connectivity index (χ2n) is 1.32. The standard InChI is InChI=1S/C4H2N2S2.2HI/c1-5-3-4(7-1)6-2-8-3;;/h1-2H;2*1H. The van der Waals surface area contributed by atoms with E-state index in [1.54, 1.807) is 22.7 Å². The monoisotopic (exact) mass is 398 g/mol. The van der Waals surface area contributed by atoms with Gasteiger partial charge in [0.2, 0.25) is 0 Å². The Morgan fingerprint density at radius 2 is 1.30 bits per heavy atom. The first-order valence-electron chi connectivity index (χ1n) is 2.09. The fourth-order valence-electron chi connectivity index (χ4n) is 0.520. The summed E-state index contributed by atoms with van der Waals surface area (Å²) in [5, 5.41) is 0. The average Bonchev–Trinajstić information content (AvgIpc) is 2.15. The van der Waals surface area contributed by atoms with E-state index in [-0.39, 0.29) is 48.0 Å². The number of hydrogen-bond acceptors (Lipinski definition) is 4. The Morgan fingerprint density at radius 3 is 1.70 bits per heavy atom. The van der Waals surface area contributed by atoms with Gasteiger partial charge in [-0.25, -0.2) is 9.97 Å². The number of nitrogens with zero attached hydrogens (tertiary/aromatic N) is 2. The van der Waals surface area contributed by atoms with Crippen LogP contribution in [0.25, 0.3) is 9.66 Å². The fraction of sp³-hybridized carbons (Fsp3) is 0. The van der Waals surface area contributed by atoms with E-state index in [9.17, 15) is 0 Å². The minimum atomic E-state index is 0. The normalized spacial score (nSPS) is 8.40. The first-order valence-corrected chi connectivity index (χ1v) is 3.85. The van der Waals surface area contributed by atoms with Crippen molar-refractivity contribution in [2.75, 3.05) is 0 Å². The number of fused-ring (bicyclic) bond motifs is 1. The van der Waals surface area contributed by atoms with Crippen molar-refractivity contribution in [3.8, 4) is 0 Å². The van der Waals surface area contributed by atoms with E-state index in [0.717, 1.165) is 9.66 Å². The quantitative estimate of drug-likeness (QED) is 0.638. The van der Waals surface area contributed by atoms with Gasteiger partial charge in [-0.05, 0) is 0 Å². The molecule has 0 bridgehead atoms. The van der Waals surface area contributed by atoms with Gasteiger partial charge in [-0.1, -0.05) is 0 Å². The minimum Gasteiger partial charge on any atom is -0.232 e. The zero-order valence-corrected chi connectivity index (χ0v) is 11.0. The molecule has 10 heavy (non-hydrogen) atoms. The molecule has 0 atom stereocenters. The second-order valence-corrected chi connectivity index (χ2v) is 2.98. The molecule has 0 aliphatic carbocycles. The lowest BCUT2D eigenvalue weighted by Crippen LogP contribution is -1.49. The largest absolute Gasteiger partial charge is 0.232 e. The van der Waals surface area contributed by atoms with E-state index < -0.39 is 0 Å². The summed E-state index contributed by atoms with van der Waals surface area (Å²) in [5.74, 6) is 0. The summed E-state index contributed by atoms with van der Waals surface area (Å²) < 4.78 is 0. The molecule has 0 N–H and O–H groups in total. The Hall–Kier alpha value is 0.980. The van der Waals surface area contributed by atoms with Crippen LogP contribution in [0.3, 0.4) is 0 Å². The Balaban J connectivity index is 0.000000405. The zero-order chi connectivity index (χ0) is 5.40. The Morgan fingerprint density at radius 1 is 0.900 bits per heavy atom. The topological polar surface area (TPSA) is 25.8 Å². The summed E-state index contributed by atoms with van der Waals surface area (Å²) in [6.45, 7) is 0. The molecule has 2 heterocycles. The lowest BCUT2D eigenvalue weighted by molar-refractivity contribution is 1.51. The minimum absolute atomic E-state index is 0. The second kappa shape index (κ2) is 4.78. The van der Waals surface area contributed by atoms with Crippen LogP contribution in [0.15, 0.2) is 11.0 Å². The molecule has 0 spiro atoms. The van der Waals surface area contributed by atoms with Gasteiger partial charge in [0.25, 0.3) is 0 Å². The van der Waals surface area contributed by atoms with Gasteiger partial charge in [0.05, 0.1) is 11.0 Å². The van der Waals surface area contributed by atoms with Crippen molar-refractivity contribution in [1.82, 2.24) is 9.97 Å². The maximum Gasteiger partial charge on any atom is 0.154 e. The van der Waals surface area contributed by atoms with Crippen molar-refractivity contribution in [3.63, 3.8) is 0 Å². The smallest absolute Gasteiger partial charge is 0.154 e. The highest BCUT2D eigenvalue weighted by Gasteiger charge is 1.94. The number of rotatable bonds is 0. The van der Waals surface area contributed by atoms with Crippen LogP contribution in [0.4, 0.5) is 0 Å². The lowest BCUT2D eigenvalue weighted by Gasteiger charge is -1.60. The Bertz CT molecular complexity index is 241. The van der Waals surface area contributed by atoms with Crippen molar-refractivity contribution in [2.24, 2.45) is 0 Å². The summed E-state index contributed by atoms with van der Waals surface area (Å²) in [4.78, 5) is 10.2. The van der Waals surface area contributed by atoms with Crippen LogP contribution in [-0.2, 0) is 0 Å². The van der Waals surface area contributed by atoms with Crippen LogP contribution in [0, 0.1) is 0 Å². The third-order valence-corrected chi connectivity index (χ3v) is 2.45. The van der Waals surface area contributed by atoms with Crippen molar-refractivity contribution in [1.29, 1.82) is 0 Å². The van der Waals surface area contributed by atoms with Crippen LogP contribution in [0.1, 0.15) is 0 Å². The third kappa shape index (κ3) is 1.98. The molecule has 2 nitrogen and oxygen atoms in total. The van der Waals surface area contributed by atoms with E-state index >= 15 is 0 Å². The maximum atomic E-state index is 4.05. The SMILES string of the molecule is I.I.c1nc2scnc2s1. The van der Waals surface area contributed by atoms with Gasteiger partial charge >= 0.3 is 0 Å². The fourth-order valence-corrected chi connectivity index (χ4v) is 1.99. The summed E-state index contributed by atoms with van der Waals surface area (Å²) in [7, 11) is 0. The van der Waals surface area contributed by atoms with Gasteiger partial charge in [0.1, 0.15) is 0 Å². The van der Waals surface area contributed by atoms with E-state index in [4.69, 9.17) is 0 Å². The third-order valence-electron chi connectivity index (χ3n) is 0.852. The van der Waals surface area contributed by atoms with E-state index in [0.29, 0.717) is 0 Å². The molecular weight excluding hydrogens is 394 g/mol. The first kappa shape index (κ1) is 11.0. The molecule has 0 fully saturated rings. The van der Waals surface area contributed by atoms with Crippen molar-refractivity contribution in [2.45, 2.75) is 0 Å². The summed E-state index contributed by atoms with van der Waals surface area (Å²) in [5.41, 5.74) is 3.63. The lowest BCUT2D eigenvalue weighted by atomic mass is 10.9. The van der Waals surface area contributed by atoms with Crippen molar-refractivity contribution in [3.05, 3.63) is 11.0 Å². The molecule has 0 radical (unpaired) electrons. The number of thiazole rings is 2. The first-order chi connectivity index (χ1) is 3.97. The predicted molar refractivity (Wildman–Crippen MR) is 66.1 cm³/mol. The van der Waals surface area contributed by atoms with Crippen LogP contribution in [0.5, 0.6) is 0 Å². The highest BCUT2D eigenvalue weighted by Crippen LogP contribution is 2.18. The van der Waals surface area contributed by atoms with Crippen molar-refractivity contribution < 1.29 is 0 Å². The summed E-state index contributed by atoms with van der Waals surface area (Å²) in [6, 6.07) is 0. The molecule has 0 aliphatic rings. The van der Waals surface area contributed by atoms with Crippen molar-refractivity contribution >= 4 is 80.3 Å². The van der Waals surface area contributed by atoms with Gasteiger partial charge in [-0.15, -0.1) is 70.6 Å². The molecule has 2 rings (SSSR count).